The number of halogens is 3. The molecule has 0 fully saturated rings. The van der Waals surface area contributed by atoms with Crippen molar-refractivity contribution in [1.82, 2.24) is 20.3 Å². The van der Waals surface area contributed by atoms with Crippen LogP contribution in [-0.2, 0) is 6.18 Å². The smallest absolute Gasteiger partial charge is 0.332 e. The predicted octanol–water partition coefficient (Wildman–Crippen LogP) is 4.30. The second kappa shape index (κ2) is 5.19. The van der Waals surface area contributed by atoms with Gasteiger partial charge in [0, 0.05) is 10.9 Å². The topological polar surface area (TPSA) is 67.6 Å². The Bertz CT molecular complexity index is 1020. The molecular formula is C16H9F3N4O. The average molecular weight is 330 g/mol. The van der Waals surface area contributed by atoms with E-state index >= 15 is 0 Å². The molecule has 0 unspecified atom stereocenters. The van der Waals surface area contributed by atoms with E-state index < -0.39 is 11.7 Å². The van der Waals surface area contributed by atoms with Crippen LogP contribution in [0.1, 0.15) is 5.56 Å². The molecule has 0 saturated heterocycles. The van der Waals surface area contributed by atoms with Crippen LogP contribution in [-0.4, -0.2) is 20.3 Å². The van der Waals surface area contributed by atoms with Gasteiger partial charge in [0.25, 0.3) is 5.89 Å². The summed E-state index contributed by atoms with van der Waals surface area (Å²) in [6, 6.07) is 12.1. The van der Waals surface area contributed by atoms with Gasteiger partial charge in [-0.15, -0.1) is 0 Å². The van der Waals surface area contributed by atoms with Crippen LogP contribution in [0.25, 0.3) is 33.9 Å². The Balaban J connectivity index is 1.76. The maximum absolute atomic E-state index is 12.8. The van der Waals surface area contributed by atoms with Crippen LogP contribution in [0.15, 0.2) is 53.1 Å². The highest BCUT2D eigenvalue weighted by atomic mass is 19.4. The van der Waals surface area contributed by atoms with Gasteiger partial charge in [-0.25, -0.2) is 0 Å². The molecule has 4 aromatic rings. The summed E-state index contributed by atoms with van der Waals surface area (Å²) in [5.41, 5.74) is 0.707. The molecule has 4 rings (SSSR count). The lowest BCUT2D eigenvalue weighted by Gasteiger charge is -2.06. The Labute approximate surface area is 133 Å². The molecule has 0 aliphatic heterocycles. The number of H-pyrrole nitrogens is 1. The van der Waals surface area contributed by atoms with Gasteiger partial charge >= 0.3 is 6.18 Å². The van der Waals surface area contributed by atoms with Crippen molar-refractivity contribution in [2.24, 2.45) is 0 Å². The number of aromatic nitrogens is 4. The monoisotopic (exact) mass is 330 g/mol. The molecule has 0 atom stereocenters. The number of nitrogens with one attached hydrogen (secondary N) is 1. The van der Waals surface area contributed by atoms with Crippen LogP contribution in [0, 0.1) is 0 Å². The maximum Gasteiger partial charge on any atom is 0.416 e. The van der Waals surface area contributed by atoms with Gasteiger partial charge in [-0.05, 0) is 18.2 Å². The summed E-state index contributed by atoms with van der Waals surface area (Å²) in [4.78, 5) is 4.17. The lowest BCUT2D eigenvalue weighted by molar-refractivity contribution is -0.137. The molecule has 0 bridgehead atoms. The number of alkyl halides is 3. The third-order valence-corrected chi connectivity index (χ3v) is 3.55. The first-order valence-corrected chi connectivity index (χ1v) is 6.97. The highest BCUT2D eigenvalue weighted by Gasteiger charge is 2.30. The molecule has 0 radical (unpaired) electrons. The van der Waals surface area contributed by atoms with Crippen molar-refractivity contribution in [2.75, 3.05) is 0 Å². The Morgan fingerprint density at radius 1 is 1.00 bits per heavy atom. The van der Waals surface area contributed by atoms with E-state index in [1.807, 2.05) is 24.3 Å². The van der Waals surface area contributed by atoms with E-state index in [2.05, 4.69) is 20.3 Å². The molecule has 0 spiro atoms. The molecular weight excluding hydrogens is 321 g/mol. The maximum atomic E-state index is 12.8. The first kappa shape index (κ1) is 14.4. The van der Waals surface area contributed by atoms with E-state index in [0.717, 1.165) is 23.0 Å². The predicted molar refractivity (Wildman–Crippen MR) is 79.8 cm³/mol. The highest BCUT2D eigenvalue weighted by molar-refractivity contribution is 5.90. The summed E-state index contributed by atoms with van der Waals surface area (Å²) < 4.78 is 43.6. The van der Waals surface area contributed by atoms with Crippen molar-refractivity contribution in [2.45, 2.75) is 6.18 Å². The Morgan fingerprint density at radius 3 is 2.67 bits per heavy atom. The van der Waals surface area contributed by atoms with Crippen LogP contribution in [0.5, 0.6) is 0 Å². The van der Waals surface area contributed by atoms with Crippen molar-refractivity contribution in [3.05, 3.63) is 54.1 Å². The van der Waals surface area contributed by atoms with Crippen LogP contribution in [0.4, 0.5) is 13.2 Å². The molecule has 1 N–H and O–H groups in total. The first-order chi connectivity index (χ1) is 11.5. The molecule has 2 heterocycles. The summed E-state index contributed by atoms with van der Waals surface area (Å²) in [5, 5.41) is 11.5. The Morgan fingerprint density at radius 2 is 1.83 bits per heavy atom. The fraction of sp³-hybridized carbons (Fsp3) is 0.0625. The third-order valence-electron chi connectivity index (χ3n) is 3.55. The van der Waals surface area contributed by atoms with Crippen LogP contribution >= 0.6 is 0 Å². The number of fused-ring (bicyclic) bond motifs is 1. The zero-order chi connectivity index (χ0) is 16.7. The molecule has 120 valence electrons. The average Bonchev–Trinajstić information content (AvgIpc) is 3.21. The molecule has 5 nitrogen and oxygen atoms in total. The second-order valence-corrected chi connectivity index (χ2v) is 5.12. The van der Waals surface area contributed by atoms with Crippen molar-refractivity contribution in [3.8, 4) is 23.0 Å². The number of hydrogen-bond acceptors (Lipinski definition) is 4. The fourth-order valence-electron chi connectivity index (χ4n) is 2.40. The number of para-hydroxylation sites is 1. The van der Waals surface area contributed by atoms with E-state index in [1.54, 1.807) is 0 Å². The van der Waals surface area contributed by atoms with E-state index in [1.165, 1.54) is 12.1 Å². The number of hydrogen-bond donors (Lipinski definition) is 1. The molecule has 24 heavy (non-hydrogen) atoms. The van der Waals surface area contributed by atoms with Crippen molar-refractivity contribution in [3.63, 3.8) is 0 Å². The Kier molecular flexibility index (Phi) is 3.12. The molecule has 8 heteroatoms. The normalized spacial score (nSPS) is 12.0. The summed E-state index contributed by atoms with van der Waals surface area (Å²) in [7, 11) is 0. The Hall–Kier alpha value is -3.16. The van der Waals surface area contributed by atoms with Crippen molar-refractivity contribution < 1.29 is 17.7 Å². The number of nitrogens with zero attached hydrogens (tertiary/aromatic N) is 3. The lowest BCUT2D eigenvalue weighted by Crippen LogP contribution is -2.04. The van der Waals surface area contributed by atoms with Gasteiger partial charge in [0.2, 0.25) is 5.82 Å². The molecule has 2 aromatic carbocycles. The summed E-state index contributed by atoms with van der Waals surface area (Å²) in [6.45, 7) is 0. The van der Waals surface area contributed by atoms with Gasteiger partial charge in [-0.3, -0.25) is 5.10 Å². The van der Waals surface area contributed by atoms with E-state index in [0.29, 0.717) is 5.69 Å². The zero-order valence-electron chi connectivity index (χ0n) is 12.0. The van der Waals surface area contributed by atoms with Crippen molar-refractivity contribution in [1.29, 1.82) is 0 Å². The minimum absolute atomic E-state index is 0.0724. The quantitative estimate of drug-likeness (QED) is 0.595. The number of rotatable bonds is 2. The molecule has 0 aliphatic carbocycles. The van der Waals surface area contributed by atoms with Crippen LogP contribution in [0.2, 0.25) is 0 Å². The van der Waals surface area contributed by atoms with Crippen LogP contribution in [0.3, 0.4) is 0 Å². The molecule has 0 aliphatic rings. The highest BCUT2D eigenvalue weighted by Crippen LogP contribution is 2.32. The minimum Gasteiger partial charge on any atom is -0.332 e. The number of aromatic amines is 1. The second-order valence-electron chi connectivity index (χ2n) is 5.12. The standard InChI is InChI=1S/C16H9F3N4O/c17-16(18,19)10-5-3-4-9(8-10)14-20-15(24-23-14)13-11-6-1-2-7-12(11)21-22-13/h1-8H,(H,21,22). The molecule has 0 amide bonds. The van der Waals surface area contributed by atoms with Crippen molar-refractivity contribution >= 4 is 10.9 Å². The van der Waals surface area contributed by atoms with Gasteiger partial charge in [-0.1, -0.05) is 35.5 Å². The fourth-order valence-corrected chi connectivity index (χ4v) is 2.40. The molecule has 0 saturated carbocycles. The summed E-state index contributed by atoms with van der Waals surface area (Å²) >= 11 is 0. The van der Waals surface area contributed by atoms with E-state index in [-0.39, 0.29) is 17.3 Å². The van der Waals surface area contributed by atoms with Gasteiger partial charge < -0.3 is 4.52 Å². The van der Waals surface area contributed by atoms with Crippen LogP contribution < -0.4 is 0 Å². The van der Waals surface area contributed by atoms with E-state index in [9.17, 15) is 13.2 Å². The first-order valence-electron chi connectivity index (χ1n) is 6.97. The lowest BCUT2D eigenvalue weighted by atomic mass is 10.1. The van der Waals surface area contributed by atoms with Gasteiger partial charge in [0.15, 0.2) is 5.69 Å². The van der Waals surface area contributed by atoms with E-state index in [4.69, 9.17) is 4.52 Å². The summed E-state index contributed by atoms with van der Waals surface area (Å²) in [6.07, 6.45) is -4.43. The van der Waals surface area contributed by atoms with Gasteiger partial charge in [0.05, 0.1) is 11.1 Å². The zero-order valence-corrected chi connectivity index (χ0v) is 12.0. The minimum atomic E-state index is -4.43. The number of benzene rings is 2. The summed E-state index contributed by atoms with van der Waals surface area (Å²) in [5.74, 6) is 0.211. The third kappa shape index (κ3) is 2.41. The van der Waals surface area contributed by atoms with Gasteiger partial charge in [0.1, 0.15) is 0 Å². The molecule has 2 aromatic heterocycles. The SMILES string of the molecule is FC(F)(F)c1cccc(-c2noc(-c3n[nH]c4ccccc34)n2)c1. The largest absolute Gasteiger partial charge is 0.416 e. The van der Waals surface area contributed by atoms with Gasteiger partial charge in [-0.2, -0.15) is 23.3 Å².